The molecule has 0 saturated heterocycles. The van der Waals surface area contributed by atoms with E-state index in [2.05, 4.69) is 38.4 Å². The summed E-state index contributed by atoms with van der Waals surface area (Å²) in [5.74, 6) is -0.360. The van der Waals surface area contributed by atoms with Crippen molar-refractivity contribution < 1.29 is 54.5 Å². The van der Waals surface area contributed by atoms with Gasteiger partial charge in [0, 0.05) is 35.6 Å². The van der Waals surface area contributed by atoms with Crippen molar-refractivity contribution in [3.05, 3.63) is 118 Å². The van der Waals surface area contributed by atoms with Gasteiger partial charge in [0.05, 0.1) is 30.7 Å². The van der Waals surface area contributed by atoms with Gasteiger partial charge < -0.3 is 15.3 Å². The first-order valence-corrected chi connectivity index (χ1v) is 16.4. The second-order valence-electron chi connectivity index (χ2n) is 12.6. The van der Waals surface area contributed by atoms with Crippen molar-refractivity contribution in [2.75, 3.05) is 6.61 Å². The van der Waals surface area contributed by atoms with Crippen molar-refractivity contribution in [1.82, 2.24) is 29.5 Å². The van der Waals surface area contributed by atoms with E-state index in [1.54, 1.807) is 17.8 Å². The van der Waals surface area contributed by atoms with Crippen LogP contribution in [-0.4, -0.2) is 58.7 Å². The number of aromatic nitrogens is 6. The SMILES string of the molecule is C.CCOC(=O)c1cn(Cc2ccc3ncc(C4CC4)cc3c2)nc1C#N.N#Cc1nn(Cc2ccc3ncc(C4CC4)cc3c2)cc1C(=O)O.[Na+].[OH-]. The summed E-state index contributed by atoms with van der Waals surface area (Å²) >= 11 is 0. The summed E-state index contributed by atoms with van der Waals surface area (Å²) in [7, 11) is 0. The number of nitriles is 2. The van der Waals surface area contributed by atoms with Gasteiger partial charge in [0.25, 0.3) is 0 Å². The Morgan fingerprint density at radius 2 is 1.25 bits per heavy atom. The Hall–Kier alpha value is -5.44. The normalized spacial score (nSPS) is 12.9. The van der Waals surface area contributed by atoms with E-state index in [1.165, 1.54) is 47.7 Å². The summed E-state index contributed by atoms with van der Waals surface area (Å²) in [5.41, 5.74) is 6.64. The quantitative estimate of drug-likeness (QED) is 0.168. The van der Waals surface area contributed by atoms with Crippen molar-refractivity contribution >= 4 is 33.7 Å². The first-order valence-electron chi connectivity index (χ1n) is 16.4. The first-order chi connectivity index (χ1) is 24.3. The minimum atomic E-state index is -1.14. The number of carboxylic acids is 1. The van der Waals surface area contributed by atoms with Crippen LogP contribution in [0, 0.1) is 22.7 Å². The molecule has 2 aliphatic rings. The number of hydrogen-bond acceptors (Lipinski definition) is 10. The number of aromatic carboxylic acids is 1. The Bertz CT molecular complexity index is 2370. The molecule has 13 nitrogen and oxygen atoms in total. The van der Waals surface area contributed by atoms with Crippen molar-refractivity contribution in [2.24, 2.45) is 0 Å². The number of ether oxygens (including phenoxy) is 1. The van der Waals surface area contributed by atoms with Gasteiger partial charge in [-0.3, -0.25) is 19.3 Å². The largest absolute Gasteiger partial charge is 1.00 e. The molecule has 2 fully saturated rings. The summed E-state index contributed by atoms with van der Waals surface area (Å²) in [6, 6.07) is 20.2. The second kappa shape index (κ2) is 17.4. The van der Waals surface area contributed by atoms with Gasteiger partial charge in [-0.25, -0.2) is 9.59 Å². The van der Waals surface area contributed by atoms with Gasteiger partial charge in [-0.05, 0) is 103 Å². The molecule has 0 radical (unpaired) electrons. The molecule has 0 bridgehead atoms. The molecule has 2 saturated carbocycles. The second-order valence-corrected chi connectivity index (χ2v) is 12.6. The third-order valence-corrected chi connectivity index (χ3v) is 8.78. The molecule has 0 spiro atoms. The van der Waals surface area contributed by atoms with E-state index < -0.39 is 11.9 Å². The fourth-order valence-corrected chi connectivity index (χ4v) is 5.93. The molecule has 4 heterocycles. The third kappa shape index (κ3) is 9.33. The molecule has 14 heteroatoms. The van der Waals surface area contributed by atoms with E-state index >= 15 is 0 Å². The summed E-state index contributed by atoms with van der Waals surface area (Å²) in [6.45, 7) is 2.87. The average Bonchev–Trinajstić information content (AvgIpc) is 4.06. The minimum Gasteiger partial charge on any atom is -0.870 e. The summed E-state index contributed by atoms with van der Waals surface area (Å²) in [6.07, 6.45) is 11.8. The molecule has 264 valence electrons. The molecule has 6 aromatic rings. The van der Waals surface area contributed by atoms with Crippen LogP contribution in [0.2, 0.25) is 0 Å². The van der Waals surface area contributed by atoms with Gasteiger partial charge in [-0.2, -0.15) is 20.7 Å². The van der Waals surface area contributed by atoms with Gasteiger partial charge in [-0.1, -0.05) is 19.6 Å². The number of rotatable bonds is 9. The number of nitrogens with zero attached hydrogens (tertiary/aromatic N) is 8. The van der Waals surface area contributed by atoms with E-state index in [-0.39, 0.29) is 71.6 Å². The molecule has 53 heavy (non-hydrogen) atoms. The summed E-state index contributed by atoms with van der Waals surface area (Å²) in [4.78, 5) is 32.1. The predicted molar refractivity (Wildman–Crippen MR) is 191 cm³/mol. The van der Waals surface area contributed by atoms with Gasteiger partial charge in [0.2, 0.25) is 0 Å². The Labute approximate surface area is 328 Å². The molecule has 0 aliphatic heterocycles. The molecule has 4 aromatic heterocycles. The smallest absolute Gasteiger partial charge is 0.870 e. The van der Waals surface area contributed by atoms with Crippen LogP contribution >= 0.6 is 0 Å². The summed E-state index contributed by atoms with van der Waals surface area (Å²) < 4.78 is 8.07. The standard InChI is InChI=1S/C20H18N4O2.C18H14N4O2.CH4.Na.H2O/c1-2-26-20(25)17-12-24(23-19(17)9-21)11-13-3-6-18-15(7-13)8-16(10-22-18)14-4-5-14;19-7-17-15(18(23)24)10-22(21-17)9-11-1-4-16-13(5-11)6-14(8-20-16)12-2-3-12;;;/h3,6-8,10,12,14H,2,4-5,11H2,1H3;1,4-6,8,10,12H,2-3,9H2,(H,23,24);1H4;;1H2/q;;;+1;/p-1. The van der Waals surface area contributed by atoms with Crippen LogP contribution in [0.25, 0.3) is 21.8 Å². The summed E-state index contributed by atoms with van der Waals surface area (Å²) in [5, 5.41) is 37.7. The van der Waals surface area contributed by atoms with E-state index in [1.807, 2.05) is 54.9 Å². The first kappa shape index (κ1) is 40.3. The molecular formula is C39H37N8NaO5. The fourth-order valence-electron chi connectivity index (χ4n) is 5.93. The zero-order chi connectivity index (χ0) is 34.8. The Morgan fingerprint density at radius 3 is 1.64 bits per heavy atom. The van der Waals surface area contributed by atoms with Crippen molar-refractivity contribution in [1.29, 1.82) is 10.5 Å². The maximum Gasteiger partial charge on any atom is 1.00 e. The van der Waals surface area contributed by atoms with Crippen LogP contribution in [-0.2, 0) is 17.8 Å². The number of benzene rings is 2. The van der Waals surface area contributed by atoms with Crippen LogP contribution < -0.4 is 29.6 Å². The topological polar surface area (TPSA) is 203 Å². The van der Waals surface area contributed by atoms with Crippen LogP contribution in [0.4, 0.5) is 0 Å². The number of esters is 1. The van der Waals surface area contributed by atoms with Crippen LogP contribution in [0.15, 0.2) is 73.3 Å². The van der Waals surface area contributed by atoms with E-state index in [9.17, 15) is 14.9 Å². The van der Waals surface area contributed by atoms with Crippen LogP contribution in [0.1, 0.15) is 106 Å². The number of carbonyl (C=O) groups is 2. The Morgan fingerprint density at radius 1 is 0.792 bits per heavy atom. The molecular weight excluding hydrogens is 683 g/mol. The number of hydrogen-bond donors (Lipinski definition) is 1. The molecule has 2 N–H and O–H groups in total. The monoisotopic (exact) mass is 720 g/mol. The minimum absolute atomic E-state index is 0. The molecule has 0 amide bonds. The van der Waals surface area contributed by atoms with Crippen LogP contribution in [0.3, 0.4) is 0 Å². The molecule has 2 aromatic carbocycles. The maximum atomic E-state index is 11.9. The third-order valence-electron chi connectivity index (χ3n) is 8.78. The van der Waals surface area contributed by atoms with E-state index in [4.69, 9.17) is 15.1 Å². The maximum absolute atomic E-state index is 11.9. The van der Waals surface area contributed by atoms with E-state index in [0.717, 1.165) is 32.9 Å². The van der Waals surface area contributed by atoms with Gasteiger partial charge in [0.1, 0.15) is 23.3 Å². The van der Waals surface area contributed by atoms with Crippen LogP contribution in [0.5, 0.6) is 0 Å². The number of carbonyl (C=O) groups excluding carboxylic acids is 1. The van der Waals surface area contributed by atoms with Gasteiger partial charge in [0.15, 0.2) is 11.4 Å². The van der Waals surface area contributed by atoms with Gasteiger partial charge in [-0.15, -0.1) is 0 Å². The number of carboxylic acid groups (broad SMARTS) is 1. The molecule has 0 atom stereocenters. The zero-order valence-corrected chi connectivity index (χ0v) is 30.7. The number of fused-ring (bicyclic) bond motifs is 2. The molecule has 8 rings (SSSR count). The zero-order valence-electron chi connectivity index (χ0n) is 28.7. The van der Waals surface area contributed by atoms with Crippen molar-refractivity contribution in [2.45, 2.75) is 65.0 Å². The number of pyridine rings is 2. The molecule has 2 aliphatic carbocycles. The van der Waals surface area contributed by atoms with Gasteiger partial charge >= 0.3 is 41.5 Å². The predicted octanol–water partition coefficient (Wildman–Crippen LogP) is 3.80. The van der Waals surface area contributed by atoms with Crippen molar-refractivity contribution in [3.63, 3.8) is 0 Å². The van der Waals surface area contributed by atoms with E-state index in [0.29, 0.717) is 24.9 Å². The Balaban J connectivity index is 0.000000225. The van der Waals surface area contributed by atoms with Crippen molar-refractivity contribution in [3.8, 4) is 12.1 Å². The fraction of sp³-hybridized carbons (Fsp3) is 0.282. The average molecular weight is 721 g/mol. The Kier molecular flexibility index (Phi) is 13.2. The molecule has 0 unspecified atom stereocenters.